The molecule has 0 fully saturated rings. The number of fused-ring (bicyclic) bond motifs is 1. The molecule has 3 N–H and O–H groups in total. The van der Waals surface area contributed by atoms with E-state index in [0.29, 0.717) is 27.5 Å². The number of anilines is 1. The third kappa shape index (κ3) is 1.89. The van der Waals surface area contributed by atoms with Gasteiger partial charge in [-0.15, -0.1) is 0 Å². The summed E-state index contributed by atoms with van der Waals surface area (Å²) >= 11 is 11.8. The van der Waals surface area contributed by atoms with E-state index in [0.717, 1.165) is 4.90 Å². The Morgan fingerprint density at radius 1 is 1.50 bits per heavy atom. The third-order valence-electron chi connectivity index (χ3n) is 2.48. The van der Waals surface area contributed by atoms with Gasteiger partial charge in [0.2, 0.25) is 18.3 Å². The first-order chi connectivity index (χ1) is 8.45. The Balaban J connectivity index is 2.70. The number of carbonyl (C=O) groups is 1. The number of aryl methyl sites for hydroxylation is 1. The van der Waals surface area contributed by atoms with Gasteiger partial charge in [-0.05, 0) is 12.1 Å². The summed E-state index contributed by atoms with van der Waals surface area (Å²) in [5.41, 5.74) is 6.55. The van der Waals surface area contributed by atoms with Crippen LogP contribution >= 0.6 is 23.2 Å². The van der Waals surface area contributed by atoms with Crippen molar-refractivity contribution in [2.24, 2.45) is 12.8 Å². The molecule has 0 unspecified atom stereocenters. The molecule has 0 saturated heterocycles. The van der Waals surface area contributed by atoms with Crippen LogP contribution in [-0.2, 0) is 11.8 Å². The number of carbonyl (C=O) groups excluding carboxylic acids is 1. The van der Waals surface area contributed by atoms with Gasteiger partial charge in [0.25, 0.3) is 0 Å². The summed E-state index contributed by atoms with van der Waals surface area (Å²) in [7, 11) is 1.69. The van der Waals surface area contributed by atoms with E-state index in [2.05, 4.69) is 4.98 Å². The maximum atomic E-state index is 10.9. The number of benzene rings is 1. The van der Waals surface area contributed by atoms with Crippen LogP contribution < -0.4 is 10.6 Å². The highest BCUT2D eigenvalue weighted by molar-refractivity contribution is 6.42. The number of nitrogens with two attached hydrogens (primary N) is 1. The zero-order valence-electron chi connectivity index (χ0n) is 9.32. The highest BCUT2D eigenvalue weighted by atomic mass is 35.5. The Labute approximate surface area is 112 Å². The van der Waals surface area contributed by atoms with Crippen molar-refractivity contribution in [2.75, 3.05) is 4.90 Å². The Morgan fingerprint density at radius 3 is 2.67 bits per heavy atom. The molecule has 0 atom stereocenters. The lowest BCUT2D eigenvalue weighted by Gasteiger charge is -2.13. The normalized spacial score (nSPS) is 10.6. The first-order valence-electron chi connectivity index (χ1n) is 4.85. The van der Waals surface area contributed by atoms with Crippen LogP contribution in [0, 0.1) is 5.41 Å². The molecule has 94 valence electrons. The molecule has 18 heavy (non-hydrogen) atoms. The number of halogens is 2. The van der Waals surface area contributed by atoms with Crippen LogP contribution in [0.25, 0.3) is 11.0 Å². The van der Waals surface area contributed by atoms with Crippen molar-refractivity contribution in [3.63, 3.8) is 0 Å². The summed E-state index contributed by atoms with van der Waals surface area (Å²) in [6, 6.07) is 3.23. The number of nitrogens with one attached hydrogen (secondary N) is 1. The molecule has 0 radical (unpaired) electrons. The van der Waals surface area contributed by atoms with E-state index in [1.165, 1.54) is 0 Å². The fourth-order valence-electron chi connectivity index (χ4n) is 1.60. The minimum atomic E-state index is -0.416. The topological polar surface area (TPSA) is 88.0 Å². The van der Waals surface area contributed by atoms with Crippen molar-refractivity contribution >= 4 is 52.6 Å². The lowest BCUT2D eigenvalue weighted by atomic mass is 10.3. The molecule has 0 spiro atoms. The minimum absolute atomic E-state index is 0.228. The van der Waals surface area contributed by atoms with Gasteiger partial charge in [-0.2, -0.15) is 0 Å². The van der Waals surface area contributed by atoms with Gasteiger partial charge in [0.05, 0.1) is 21.1 Å². The first kappa shape index (κ1) is 12.7. The van der Waals surface area contributed by atoms with E-state index in [1.54, 1.807) is 23.7 Å². The van der Waals surface area contributed by atoms with E-state index in [4.69, 9.17) is 34.3 Å². The van der Waals surface area contributed by atoms with Gasteiger partial charge >= 0.3 is 0 Å². The molecule has 2 rings (SSSR count). The molecule has 2 aromatic rings. The van der Waals surface area contributed by atoms with Crippen LogP contribution in [0.2, 0.25) is 10.0 Å². The molecule has 0 saturated carbocycles. The summed E-state index contributed by atoms with van der Waals surface area (Å²) in [5.74, 6) is -0.188. The molecule has 1 heterocycles. The molecule has 0 aliphatic rings. The number of hydrogen-bond donors (Lipinski definition) is 2. The number of rotatable bonds is 2. The number of hydrogen-bond acceptors (Lipinski definition) is 3. The number of amides is 1. The summed E-state index contributed by atoms with van der Waals surface area (Å²) in [4.78, 5) is 16.0. The van der Waals surface area contributed by atoms with Crippen molar-refractivity contribution < 1.29 is 4.79 Å². The number of aromatic nitrogens is 2. The highest BCUT2D eigenvalue weighted by Crippen LogP contribution is 2.29. The second-order valence-electron chi connectivity index (χ2n) is 3.59. The predicted molar refractivity (Wildman–Crippen MR) is 71.2 cm³/mol. The predicted octanol–water partition coefficient (Wildman–Crippen LogP) is 1.74. The van der Waals surface area contributed by atoms with E-state index in [9.17, 15) is 4.79 Å². The summed E-state index contributed by atoms with van der Waals surface area (Å²) in [6.07, 6.45) is 0.423. The standard InChI is InChI=1S/C10H9Cl2N5O/c1-16-8-3-6(12)5(11)2-7(8)15-10(16)17(4-18)9(13)14/h2-4H,1H3,(H3,13,14). The van der Waals surface area contributed by atoms with Crippen molar-refractivity contribution in [3.05, 3.63) is 22.2 Å². The van der Waals surface area contributed by atoms with E-state index < -0.39 is 5.96 Å². The van der Waals surface area contributed by atoms with Gasteiger partial charge in [-0.25, -0.2) is 9.88 Å². The van der Waals surface area contributed by atoms with Gasteiger partial charge in [-0.1, -0.05) is 23.2 Å². The van der Waals surface area contributed by atoms with E-state index in [1.807, 2.05) is 0 Å². The average molecular weight is 286 g/mol. The maximum Gasteiger partial charge on any atom is 0.223 e. The second kappa shape index (κ2) is 4.47. The number of guanidine groups is 1. The molecule has 1 amide bonds. The second-order valence-corrected chi connectivity index (χ2v) is 4.40. The average Bonchev–Trinajstić information content (AvgIpc) is 2.59. The fraction of sp³-hybridized carbons (Fsp3) is 0.100. The van der Waals surface area contributed by atoms with Gasteiger partial charge in [0.1, 0.15) is 0 Å². The van der Waals surface area contributed by atoms with Gasteiger partial charge in [-0.3, -0.25) is 10.2 Å². The van der Waals surface area contributed by atoms with Crippen molar-refractivity contribution in [3.8, 4) is 0 Å². The largest absolute Gasteiger partial charge is 0.369 e. The Hall–Kier alpha value is -1.79. The Morgan fingerprint density at radius 2 is 2.11 bits per heavy atom. The summed E-state index contributed by atoms with van der Waals surface area (Å²) in [5, 5.41) is 8.07. The maximum absolute atomic E-state index is 10.9. The SMILES string of the molecule is Cn1c(N(C=O)C(=N)N)nc2cc(Cl)c(Cl)cc21. The first-order valence-corrected chi connectivity index (χ1v) is 5.61. The lowest BCUT2D eigenvalue weighted by Crippen LogP contribution is -2.36. The molecule has 1 aromatic carbocycles. The zero-order chi connectivity index (χ0) is 13.4. The highest BCUT2D eigenvalue weighted by Gasteiger charge is 2.17. The molecule has 1 aromatic heterocycles. The molecule has 0 aliphatic carbocycles. The van der Waals surface area contributed by atoms with Crippen LogP contribution in [0.3, 0.4) is 0 Å². The third-order valence-corrected chi connectivity index (χ3v) is 3.20. The zero-order valence-corrected chi connectivity index (χ0v) is 10.8. The Kier molecular flexibility index (Phi) is 3.14. The van der Waals surface area contributed by atoms with Gasteiger partial charge in [0, 0.05) is 7.05 Å². The number of imidazole rings is 1. The molecule has 8 heteroatoms. The van der Waals surface area contributed by atoms with Crippen molar-refractivity contribution in [1.82, 2.24) is 9.55 Å². The summed E-state index contributed by atoms with van der Waals surface area (Å²) in [6.45, 7) is 0. The molecule has 0 aliphatic heterocycles. The Bertz CT molecular complexity index is 651. The molecule has 6 nitrogen and oxygen atoms in total. The van der Waals surface area contributed by atoms with Crippen LogP contribution in [0.5, 0.6) is 0 Å². The van der Waals surface area contributed by atoms with Crippen LogP contribution in [0.15, 0.2) is 12.1 Å². The van der Waals surface area contributed by atoms with E-state index in [-0.39, 0.29) is 5.95 Å². The van der Waals surface area contributed by atoms with Crippen molar-refractivity contribution in [2.45, 2.75) is 0 Å². The van der Waals surface area contributed by atoms with E-state index >= 15 is 0 Å². The quantitative estimate of drug-likeness (QED) is 0.500. The number of nitrogens with zero attached hydrogens (tertiary/aromatic N) is 3. The van der Waals surface area contributed by atoms with Crippen LogP contribution in [0.1, 0.15) is 0 Å². The van der Waals surface area contributed by atoms with Crippen LogP contribution in [0.4, 0.5) is 5.95 Å². The molecular weight excluding hydrogens is 277 g/mol. The summed E-state index contributed by atoms with van der Waals surface area (Å²) < 4.78 is 1.60. The van der Waals surface area contributed by atoms with Gasteiger partial charge in [0.15, 0.2) is 0 Å². The van der Waals surface area contributed by atoms with Crippen LogP contribution in [-0.4, -0.2) is 21.9 Å². The lowest BCUT2D eigenvalue weighted by molar-refractivity contribution is -0.106. The fourth-order valence-corrected chi connectivity index (χ4v) is 1.92. The monoisotopic (exact) mass is 285 g/mol. The molecular formula is C10H9Cl2N5O. The minimum Gasteiger partial charge on any atom is -0.369 e. The van der Waals surface area contributed by atoms with Gasteiger partial charge < -0.3 is 10.3 Å². The smallest absolute Gasteiger partial charge is 0.223 e. The molecule has 0 bridgehead atoms. The van der Waals surface area contributed by atoms with Crippen molar-refractivity contribution in [1.29, 1.82) is 5.41 Å².